The molecular weight excluding hydrogens is 386 g/mol. The third-order valence-corrected chi connectivity index (χ3v) is 4.18. The lowest BCUT2D eigenvalue weighted by atomic mass is 10.2. The average molecular weight is 405 g/mol. The first-order chi connectivity index (χ1) is 14.4. The number of aromatic carboxylic acids is 2. The van der Waals surface area contributed by atoms with Crippen molar-refractivity contribution in [2.45, 2.75) is 6.92 Å². The van der Waals surface area contributed by atoms with Crippen LogP contribution in [0.25, 0.3) is 0 Å². The lowest BCUT2D eigenvalue weighted by molar-refractivity contribution is 0.0686. The van der Waals surface area contributed by atoms with Crippen LogP contribution in [0, 0.1) is 6.92 Å². The summed E-state index contributed by atoms with van der Waals surface area (Å²) in [4.78, 5) is 26.6. The van der Waals surface area contributed by atoms with Gasteiger partial charge in [-0.15, -0.1) is 0 Å². The molecule has 0 aliphatic heterocycles. The molecule has 152 valence electrons. The number of carboxylic acid groups (broad SMARTS) is 2. The van der Waals surface area contributed by atoms with Gasteiger partial charge in [0, 0.05) is 18.4 Å². The fourth-order valence-corrected chi connectivity index (χ4v) is 2.72. The number of azo groups is 1. The van der Waals surface area contributed by atoms with Gasteiger partial charge in [-0.2, -0.15) is 10.2 Å². The van der Waals surface area contributed by atoms with Crippen molar-refractivity contribution in [2.75, 3.05) is 17.7 Å². The monoisotopic (exact) mass is 405 g/mol. The predicted octanol–water partition coefficient (Wildman–Crippen LogP) is 4.99. The maximum absolute atomic E-state index is 11.0. The van der Waals surface area contributed by atoms with Crippen molar-refractivity contribution < 1.29 is 19.8 Å². The number of aromatic nitrogens is 1. The van der Waals surface area contributed by atoms with Gasteiger partial charge in [-0.05, 0) is 67.1 Å². The Hall–Kier alpha value is -4.27. The van der Waals surface area contributed by atoms with Gasteiger partial charge >= 0.3 is 11.9 Å². The Morgan fingerprint density at radius 2 is 1.37 bits per heavy atom. The molecule has 0 spiro atoms. The molecule has 0 aliphatic rings. The van der Waals surface area contributed by atoms with Crippen molar-refractivity contribution in [3.63, 3.8) is 0 Å². The fraction of sp³-hybridized carbons (Fsp3) is 0.0952. The number of nitrogens with zero attached hydrogens (tertiary/aromatic N) is 3. The first-order valence-corrected chi connectivity index (χ1v) is 8.89. The maximum Gasteiger partial charge on any atom is 0.335 e. The molecule has 9 nitrogen and oxygen atoms in total. The molecule has 9 heteroatoms. The number of hydrogen-bond donors (Lipinski definition) is 4. The summed E-state index contributed by atoms with van der Waals surface area (Å²) in [5, 5.41) is 32.3. The summed E-state index contributed by atoms with van der Waals surface area (Å²) in [7, 11) is 1.56. The van der Waals surface area contributed by atoms with E-state index >= 15 is 0 Å². The third kappa shape index (κ3) is 4.76. The van der Waals surface area contributed by atoms with Gasteiger partial charge in [-0.25, -0.2) is 14.6 Å². The number of rotatable bonds is 7. The first-order valence-electron chi connectivity index (χ1n) is 8.89. The zero-order valence-electron chi connectivity index (χ0n) is 16.2. The number of benzene rings is 2. The molecule has 0 atom stereocenters. The quantitative estimate of drug-likeness (QED) is 0.407. The van der Waals surface area contributed by atoms with Crippen molar-refractivity contribution in [3.05, 3.63) is 71.3 Å². The van der Waals surface area contributed by atoms with Crippen molar-refractivity contribution >= 4 is 40.6 Å². The molecule has 1 heterocycles. The standard InChI is InChI=1S/C21H19N5O4/c1-12-11-17(23-15-7-3-13(4-8-15)20(27)28)25-19(18(12)26-22-2)24-16-9-5-14(6-10-16)21(29)30/h3-11H,1-2H3,(H,27,28)(H,29,30)(H2,23,24,25). The van der Waals surface area contributed by atoms with Crippen LogP contribution in [0.15, 0.2) is 64.8 Å². The van der Waals surface area contributed by atoms with Gasteiger partial charge in [0.1, 0.15) is 11.5 Å². The van der Waals surface area contributed by atoms with Crippen molar-refractivity contribution in [1.82, 2.24) is 4.98 Å². The van der Waals surface area contributed by atoms with Crippen molar-refractivity contribution in [2.24, 2.45) is 10.2 Å². The minimum atomic E-state index is -1.00. The summed E-state index contributed by atoms with van der Waals surface area (Å²) in [6, 6.07) is 14.4. The zero-order valence-corrected chi connectivity index (χ0v) is 16.2. The van der Waals surface area contributed by atoms with E-state index in [4.69, 9.17) is 10.2 Å². The molecular formula is C21H19N5O4. The van der Waals surface area contributed by atoms with Gasteiger partial charge in [-0.1, -0.05) is 0 Å². The summed E-state index contributed by atoms with van der Waals surface area (Å²) in [6.45, 7) is 1.86. The van der Waals surface area contributed by atoms with Crippen LogP contribution < -0.4 is 10.6 Å². The molecule has 30 heavy (non-hydrogen) atoms. The topological polar surface area (TPSA) is 136 Å². The lowest BCUT2D eigenvalue weighted by Gasteiger charge is -2.14. The molecule has 0 fully saturated rings. The van der Waals surface area contributed by atoms with Gasteiger partial charge < -0.3 is 20.8 Å². The molecule has 0 aliphatic carbocycles. The Morgan fingerprint density at radius 1 is 0.867 bits per heavy atom. The summed E-state index contributed by atoms with van der Waals surface area (Å²) in [6.07, 6.45) is 0. The van der Waals surface area contributed by atoms with E-state index in [0.717, 1.165) is 5.56 Å². The molecule has 4 N–H and O–H groups in total. The summed E-state index contributed by atoms with van der Waals surface area (Å²) >= 11 is 0. The van der Waals surface area contributed by atoms with Gasteiger partial charge in [0.2, 0.25) is 0 Å². The molecule has 1 aromatic heterocycles. The minimum absolute atomic E-state index is 0.179. The smallest absolute Gasteiger partial charge is 0.335 e. The molecule has 0 radical (unpaired) electrons. The minimum Gasteiger partial charge on any atom is -0.478 e. The van der Waals surface area contributed by atoms with Crippen LogP contribution in [-0.4, -0.2) is 34.2 Å². The number of pyridine rings is 1. The highest BCUT2D eigenvalue weighted by atomic mass is 16.4. The molecule has 2 aromatic carbocycles. The molecule has 0 saturated heterocycles. The van der Waals surface area contributed by atoms with Crippen LogP contribution in [0.3, 0.4) is 0 Å². The highest BCUT2D eigenvalue weighted by Gasteiger charge is 2.12. The van der Waals surface area contributed by atoms with Crippen LogP contribution in [0.1, 0.15) is 26.3 Å². The largest absolute Gasteiger partial charge is 0.478 e. The van der Waals surface area contributed by atoms with E-state index in [2.05, 4.69) is 25.8 Å². The molecule has 0 unspecified atom stereocenters. The van der Waals surface area contributed by atoms with Crippen molar-refractivity contribution in [1.29, 1.82) is 0 Å². The van der Waals surface area contributed by atoms with Crippen LogP contribution in [0.5, 0.6) is 0 Å². The SMILES string of the molecule is CN=Nc1c(C)cc(Nc2ccc(C(=O)O)cc2)nc1Nc1ccc(C(=O)O)cc1. The Morgan fingerprint density at radius 3 is 1.83 bits per heavy atom. The fourth-order valence-electron chi connectivity index (χ4n) is 2.72. The average Bonchev–Trinajstić information content (AvgIpc) is 2.71. The summed E-state index contributed by atoms with van der Waals surface area (Å²) in [5.74, 6) is -1.04. The second kappa shape index (κ2) is 8.82. The van der Waals surface area contributed by atoms with Gasteiger partial charge in [0.05, 0.1) is 11.1 Å². The third-order valence-electron chi connectivity index (χ3n) is 4.18. The highest BCUT2D eigenvalue weighted by molar-refractivity contribution is 5.89. The zero-order chi connectivity index (χ0) is 21.7. The van der Waals surface area contributed by atoms with E-state index in [9.17, 15) is 9.59 Å². The van der Waals surface area contributed by atoms with Crippen molar-refractivity contribution in [3.8, 4) is 0 Å². The van der Waals surface area contributed by atoms with Crippen LogP contribution in [0.4, 0.5) is 28.7 Å². The number of anilines is 4. The van der Waals surface area contributed by atoms with Crippen LogP contribution >= 0.6 is 0 Å². The lowest BCUT2D eigenvalue weighted by Crippen LogP contribution is -2.02. The van der Waals surface area contributed by atoms with Crippen LogP contribution in [0.2, 0.25) is 0 Å². The second-order valence-electron chi connectivity index (χ2n) is 6.34. The van der Waals surface area contributed by atoms with E-state index in [1.165, 1.54) is 24.3 Å². The van der Waals surface area contributed by atoms with Crippen LogP contribution in [-0.2, 0) is 0 Å². The molecule has 3 rings (SSSR count). The van der Waals surface area contributed by atoms with Gasteiger partial charge in [0.25, 0.3) is 0 Å². The number of hydrogen-bond acceptors (Lipinski definition) is 7. The maximum atomic E-state index is 11.0. The molecule has 3 aromatic rings. The number of carboxylic acids is 2. The van der Waals surface area contributed by atoms with E-state index < -0.39 is 11.9 Å². The van der Waals surface area contributed by atoms with E-state index in [-0.39, 0.29) is 11.1 Å². The second-order valence-corrected chi connectivity index (χ2v) is 6.34. The molecule has 0 amide bonds. The van der Waals surface area contributed by atoms with E-state index in [1.807, 2.05) is 6.92 Å². The molecule has 0 bridgehead atoms. The normalized spacial score (nSPS) is 10.7. The number of nitrogens with one attached hydrogen (secondary N) is 2. The Kier molecular flexibility index (Phi) is 6.02. The van der Waals surface area contributed by atoms with Gasteiger partial charge in [-0.3, -0.25) is 0 Å². The Balaban J connectivity index is 1.91. The first kappa shape index (κ1) is 20.5. The summed E-state index contributed by atoms with van der Waals surface area (Å²) in [5.41, 5.74) is 3.04. The summed E-state index contributed by atoms with van der Waals surface area (Å²) < 4.78 is 0. The van der Waals surface area contributed by atoms with Gasteiger partial charge in [0.15, 0.2) is 5.82 Å². The number of aryl methyl sites for hydroxylation is 1. The van der Waals surface area contributed by atoms with E-state index in [0.29, 0.717) is 28.7 Å². The van der Waals surface area contributed by atoms with E-state index in [1.54, 1.807) is 37.4 Å². The molecule has 0 saturated carbocycles. The Labute approximate surface area is 172 Å². The Bertz CT molecular complexity index is 1110. The number of carbonyl (C=O) groups is 2. The predicted molar refractivity (Wildman–Crippen MR) is 113 cm³/mol. The highest BCUT2D eigenvalue weighted by Crippen LogP contribution is 2.33.